The van der Waals surface area contributed by atoms with Crippen LogP contribution in [0.5, 0.6) is 17.2 Å². The Morgan fingerprint density at radius 2 is 2.35 bits per heavy atom. The van der Waals surface area contributed by atoms with Crippen molar-refractivity contribution in [2.75, 3.05) is 13.9 Å². The van der Waals surface area contributed by atoms with E-state index in [0.29, 0.717) is 30.1 Å². The van der Waals surface area contributed by atoms with Crippen LogP contribution in [0.1, 0.15) is 24.5 Å². The van der Waals surface area contributed by atoms with Crippen molar-refractivity contribution in [3.8, 4) is 29.6 Å². The monoisotopic (exact) mass is 234 g/mol. The Kier molecular flexibility index (Phi) is 3.40. The van der Waals surface area contributed by atoms with Gasteiger partial charge < -0.3 is 19.3 Å². The van der Waals surface area contributed by atoms with Gasteiger partial charge in [-0.05, 0) is 24.1 Å². The summed E-state index contributed by atoms with van der Waals surface area (Å²) in [6.45, 7) is 0.176. The first kappa shape index (κ1) is 11.6. The van der Waals surface area contributed by atoms with Gasteiger partial charge in [0.1, 0.15) is 0 Å². The standard InChI is InChI=1S/C13H14O4/c1-3-4-5-10(14)9-6-11(15-2)13-12(7-9)16-8-17-13/h1,6-7,10,14H,4-5,8H2,2H3. The van der Waals surface area contributed by atoms with E-state index in [9.17, 15) is 5.11 Å². The van der Waals surface area contributed by atoms with Gasteiger partial charge in [-0.1, -0.05) is 0 Å². The van der Waals surface area contributed by atoms with Crippen molar-refractivity contribution in [2.24, 2.45) is 0 Å². The van der Waals surface area contributed by atoms with Crippen molar-refractivity contribution in [1.82, 2.24) is 0 Å². The fraction of sp³-hybridized carbons (Fsp3) is 0.385. The number of terminal acetylenes is 1. The van der Waals surface area contributed by atoms with Gasteiger partial charge in [-0.15, -0.1) is 12.3 Å². The van der Waals surface area contributed by atoms with Crippen molar-refractivity contribution < 1.29 is 19.3 Å². The van der Waals surface area contributed by atoms with E-state index in [-0.39, 0.29) is 6.79 Å². The lowest BCUT2D eigenvalue weighted by molar-refractivity contribution is 0.167. The molecule has 0 saturated carbocycles. The highest BCUT2D eigenvalue weighted by molar-refractivity contribution is 5.55. The molecule has 1 atom stereocenters. The fourth-order valence-corrected chi connectivity index (χ4v) is 1.73. The van der Waals surface area contributed by atoms with Gasteiger partial charge in [-0.3, -0.25) is 0 Å². The lowest BCUT2D eigenvalue weighted by atomic mass is 10.0. The molecular weight excluding hydrogens is 220 g/mol. The number of methoxy groups -OCH3 is 1. The number of benzene rings is 1. The van der Waals surface area contributed by atoms with E-state index < -0.39 is 6.10 Å². The summed E-state index contributed by atoms with van der Waals surface area (Å²) in [6.07, 6.45) is 5.59. The summed E-state index contributed by atoms with van der Waals surface area (Å²) in [5.41, 5.74) is 0.723. The van der Waals surface area contributed by atoms with Crippen molar-refractivity contribution in [2.45, 2.75) is 18.9 Å². The third kappa shape index (κ3) is 2.29. The van der Waals surface area contributed by atoms with Gasteiger partial charge in [-0.2, -0.15) is 0 Å². The molecule has 0 saturated heterocycles. The van der Waals surface area contributed by atoms with Gasteiger partial charge >= 0.3 is 0 Å². The molecule has 1 aliphatic heterocycles. The first-order valence-corrected chi connectivity index (χ1v) is 5.35. The number of hydrogen-bond donors (Lipinski definition) is 1. The number of hydrogen-bond acceptors (Lipinski definition) is 4. The molecule has 0 amide bonds. The van der Waals surface area contributed by atoms with Gasteiger partial charge in [0.25, 0.3) is 0 Å². The lowest BCUT2D eigenvalue weighted by Crippen LogP contribution is -1.98. The van der Waals surface area contributed by atoms with E-state index in [1.165, 1.54) is 0 Å². The Balaban J connectivity index is 2.27. The largest absolute Gasteiger partial charge is 0.493 e. The van der Waals surface area contributed by atoms with Crippen molar-refractivity contribution in [3.63, 3.8) is 0 Å². The highest BCUT2D eigenvalue weighted by Gasteiger charge is 2.22. The molecule has 90 valence electrons. The summed E-state index contributed by atoms with van der Waals surface area (Å²) in [5, 5.41) is 9.96. The summed E-state index contributed by atoms with van der Waals surface area (Å²) >= 11 is 0. The van der Waals surface area contributed by atoms with E-state index in [0.717, 1.165) is 5.56 Å². The zero-order valence-corrected chi connectivity index (χ0v) is 9.60. The Morgan fingerprint density at radius 3 is 3.06 bits per heavy atom. The molecule has 2 rings (SSSR count). The van der Waals surface area contributed by atoms with E-state index in [4.69, 9.17) is 20.6 Å². The number of fused-ring (bicyclic) bond motifs is 1. The van der Waals surface area contributed by atoms with Crippen LogP contribution in [0.15, 0.2) is 12.1 Å². The van der Waals surface area contributed by atoms with E-state index in [2.05, 4.69) is 5.92 Å². The second-order valence-corrected chi connectivity index (χ2v) is 3.72. The topological polar surface area (TPSA) is 47.9 Å². The van der Waals surface area contributed by atoms with Gasteiger partial charge in [0.05, 0.1) is 13.2 Å². The van der Waals surface area contributed by atoms with E-state index in [1.54, 1.807) is 19.2 Å². The number of aliphatic hydroxyl groups is 1. The van der Waals surface area contributed by atoms with Crippen LogP contribution in [0.25, 0.3) is 0 Å². The third-order valence-electron chi connectivity index (χ3n) is 2.63. The molecule has 0 radical (unpaired) electrons. The molecule has 0 spiro atoms. The quantitative estimate of drug-likeness (QED) is 0.808. The molecule has 4 heteroatoms. The van der Waals surface area contributed by atoms with Crippen LogP contribution in [0.3, 0.4) is 0 Å². The average molecular weight is 234 g/mol. The molecule has 0 aliphatic carbocycles. The Morgan fingerprint density at radius 1 is 1.53 bits per heavy atom. The summed E-state index contributed by atoms with van der Waals surface area (Å²) < 4.78 is 15.8. The zero-order valence-electron chi connectivity index (χ0n) is 9.60. The first-order chi connectivity index (χ1) is 8.26. The van der Waals surface area contributed by atoms with Crippen molar-refractivity contribution in [3.05, 3.63) is 17.7 Å². The van der Waals surface area contributed by atoms with Crippen LogP contribution in [-0.2, 0) is 0 Å². The molecule has 4 nitrogen and oxygen atoms in total. The third-order valence-corrected chi connectivity index (χ3v) is 2.63. The maximum Gasteiger partial charge on any atom is 0.231 e. The lowest BCUT2D eigenvalue weighted by Gasteiger charge is -2.12. The smallest absolute Gasteiger partial charge is 0.231 e. The second-order valence-electron chi connectivity index (χ2n) is 3.72. The van der Waals surface area contributed by atoms with Gasteiger partial charge in [0, 0.05) is 6.42 Å². The molecule has 1 heterocycles. The Hall–Kier alpha value is -1.86. The summed E-state index contributed by atoms with van der Waals surface area (Å²) in [4.78, 5) is 0. The Labute approximate surface area is 100 Å². The van der Waals surface area contributed by atoms with Gasteiger partial charge in [0.15, 0.2) is 11.5 Å². The van der Waals surface area contributed by atoms with Crippen LogP contribution in [0, 0.1) is 12.3 Å². The minimum absolute atomic E-state index is 0.176. The van der Waals surface area contributed by atoms with E-state index in [1.807, 2.05) is 0 Å². The van der Waals surface area contributed by atoms with Crippen LogP contribution in [-0.4, -0.2) is 19.0 Å². The molecule has 1 aromatic rings. The normalized spacial score (nSPS) is 14.2. The van der Waals surface area contributed by atoms with Crippen LogP contribution < -0.4 is 14.2 Å². The Bertz CT molecular complexity index is 447. The molecular formula is C13H14O4. The van der Waals surface area contributed by atoms with E-state index >= 15 is 0 Å². The molecule has 1 unspecified atom stereocenters. The molecule has 1 N–H and O–H groups in total. The van der Waals surface area contributed by atoms with Crippen molar-refractivity contribution in [1.29, 1.82) is 0 Å². The molecule has 0 fully saturated rings. The molecule has 0 bridgehead atoms. The minimum atomic E-state index is -0.616. The van der Waals surface area contributed by atoms with Crippen molar-refractivity contribution >= 4 is 0 Å². The van der Waals surface area contributed by atoms with Crippen LogP contribution in [0.4, 0.5) is 0 Å². The molecule has 17 heavy (non-hydrogen) atoms. The van der Waals surface area contributed by atoms with Gasteiger partial charge in [0.2, 0.25) is 12.5 Å². The number of rotatable bonds is 4. The SMILES string of the molecule is C#CCCC(O)c1cc(OC)c2c(c1)OCO2. The highest BCUT2D eigenvalue weighted by Crippen LogP contribution is 2.43. The maximum atomic E-state index is 9.96. The van der Waals surface area contributed by atoms with Gasteiger partial charge in [-0.25, -0.2) is 0 Å². The average Bonchev–Trinajstić information content (AvgIpc) is 2.82. The second kappa shape index (κ2) is 4.98. The summed E-state index contributed by atoms with van der Waals surface area (Å²) in [6, 6.07) is 3.50. The highest BCUT2D eigenvalue weighted by atomic mass is 16.7. The maximum absolute atomic E-state index is 9.96. The van der Waals surface area contributed by atoms with Crippen LogP contribution >= 0.6 is 0 Å². The van der Waals surface area contributed by atoms with Crippen LogP contribution in [0.2, 0.25) is 0 Å². The minimum Gasteiger partial charge on any atom is -0.493 e. The summed E-state index contributed by atoms with van der Waals surface area (Å²) in [7, 11) is 1.55. The molecule has 1 aromatic carbocycles. The fourth-order valence-electron chi connectivity index (χ4n) is 1.73. The molecule has 0 aromatic heterocycles. The zero-order chi connectivity index (χ0) is 12.3. The first-order valence-electron chi connectivity index (χ1n) is 5.35. The summed E-state index contributed by atoms with van der Waals surface area (Å²) in [5.74, 6) is 4.25. The molecule has 1 aliphatic rings. The predicted molar refractivity (Wildman–Crippen MR) is 62.1 cm³/mol. The predicted octanol–water partition coefficient (Wildman–Crippen LogP) is 1.87. The number of ether oxygens (including phenoxy) is 3. The number of aliphatic hydroxyl groups excluding tert-OH is 1.